The van der Waals surface area contributed by atoms with Crippen LogP contribution in [0.4, 0.5) is 8.78 Å². The quantitative estimate of drug-likeness (QED) is 0.919. The number of hydrogen-bond acceptors (Lipinski definition) is 3. The van der Waals surface area contributed by atoms with E-state index in [0.717, 1.165) is 0 Å². The van der Waals surface area contributed by atoms with Gasteiger partial charge in [0.1, 0.15) is 10.7 Å². The number of allylic oxidation sites excluding steroid dienone is 1. The normalized spacial score (nSPS) is 15.5. The van der Waals surface area contributed by atoms with Gasteiger partial charge in [0.2, 0.25) is 0 Å². The van der Waals surface area contributed by atoms with Crippen LogP contribution in [0.1, 0.15) is 29.3 Å². The number of carboxylic acid groups (broad SMARTS) is 1. The summed E-state index contributed by atoms with van der Waals surface area (Å²) in [7, 11) is 0. The van der Waals surface area contributed by atoms with Gasteiger partial charge in [-0.1, -0.05) is 19.1 Å². The largest absolute Gasteiger partial charge is 0.478 e. The number of rotatable bonds is 4. The third kappa shape index (κ3) is 3.07. The van der Waals surface area contributed by atoms with E-state index in [2.05, 4.69) is 4.99 Å². The van der Waals surface area contributed by atoms with Gasteiger partial charge in [0.25, 0.3) is 6.43 Å². The van der Waals surface area contributed by atoms with Gasteiger partial charge in [-0.15, -0.1) is 11.8 Å². The summed E-state index contributed by atoms with van der Waals surface area (Å²) in [5, 5.41) is 9.33. The summed E-state index contributed by atoms with van der Waals surface area (Å²) in [6.45, 7) is 1.83. The highest BCUT2D eigenvalue weighted by molar-refractivity contribution is 8.14. The third-order valence-corrected chi connectivity index (χ3v) is 4.07. The fraction of sp³-hybridized carbons (Fsp3) is 0.286. The number of carboxylic acids is 1. The molecule has 1 N–H and O–H groups in total. The molecule has 20 heavy (non-hydrogen) atoms. The molecule has 0 fully saturated rings. The molecule has 0 spiro atoms. The lowest BCUT2D eigenvalue weighted by Gasteiger charge is -2.18. The van der Waals surface area contributed by atoms with E-state index in [9.17, 15) is 13.6 Å². The number of aromatic carboxylic acids is 1. The van der Waals surface area contributed by atoms with E-state index in [0.29, 0.717) is 28.4 Å². The minimum atomic E-state index is -2.58. The maximum atomic E-state index is 13.0. The summed E-state index contributed by atoms with van der Waals surface area (Å²) in [6.07, 6.45) is -2.03. The number of thioether (sulfide) groups is 1. The highest BCUT2D eigenvalue weighted by Gasteiger charge is 2.22. The molecule has 1 heterocycles. The first-order valence-corrected chi connectivity index (χ1v) is 7.06. The minimum Gasteiger partial charge on any atom is -0.478 e. The van der Waals surface area contributed by atoms with Crippen LogP contribution in [-0.2, 0) is 0 Å². The lowest BCUT2D eigenvalue weighted by Crippen LogP contribution is -2.11. The molecule has 0 atom stereocenters. The zero-order chi connectivity index (χ0) is 14.7. The summed E-state index contributed by atoms with van der Waals surface area (Å²) < 4.78 is 25.9. The predicted octanol–water partition coefficient (Wildman–Crippen LogP) is 3.81. The fourth-order valence-corrected chi connectivity index (χ4v) is 2.97. The van der Waals surface area contributed by atoms with E-state index in [1.165, 1.54) is 23.9 Å². The topological polar surface area (TPSA) is 49.7 Å². The molecule has 0 saturated carbocycles. The summed E-state index contributed by atoms with van der Waals surface area (Å²) >= 11 is 1.40. The van der Waals surface area contributed by atoms with Crippen LogP contribution in [-0.4, -0.2) is 28.3 Å². The summed E-state index contributed by atoms with van der Waals surface area (Å²) in [5.74, 6) is -0.522. The molecule has 6 heteroatoms. The first-order valence-electron chi connectivity index (χ1n) is 6.08. The molecule has 2 rings (SSSR count). The van der Waals surface area contributed by atoms with Crippen LogP contribution < -0.4 is 0 Å². The Labute approximate surface area is 119 Å². The Balaban J connectivity index is 2.33. The van der Waals surface area contributed by atoms with Crippen molar-refractivity contribution in [2.24, 2.45) is 4.99 Å². The summed E-state index contributed by atoms with van der Waals surface area (Å²) in [5.41, 5.74) is 1.34. The van der Waals surface area contributed by atoms with Gasteiger partial charge in [0.15, 0.2) is 0 Å². The van der Waals surface area contributed by atoms with Gasteiger partial charge >= 0.3 is 5.97 Å². The van der Waals surface area contributed by atoms with Gasteiger partial charge in [-0.05, 0) is 24.1 Å². The number of carbonyl (C=O) groups is 1. The zero-order valence-electron chi connectivity index (χ0n) is 10.8. The van der Waals surface area contributed by atoms with Gasteiger partial charge in [-0.3, -0.25) is 0 Å². The van der Waals surface area contributed by atoms with Crippen LogP contribution in [0.2, 0.25) is 0 Å². The molecule has 1 aromatic rings. The van der Waals surface area contributed by atoms with Crippen LogP contribution in [0.25, 0.3) is 0 Å². The number of halogens is 2. The van der Waals surface area contributed by atoms with Crippen molar-refractivity contribution in [3.63, 3.8) is 0 Å². The molecule has 1 aliphatic rings. The highest BCUT2D eigenvalue weighted by atomic mass is 32.2. The second kappa shape index (κ2) is 6.17. The zero-order valence-corrected chi connectivity index (χ0v) is 11.6. The molecule has 1 aliphatic heterocycles. The SMILES string of the molecule is CCC1=C(C(F)F)N=C(c2ccc(C(=O)O)cc2)SC1. The average Bonchev–Trinajstić information content (AvgIpc) is 2.46. The highest BCUT2D eigenvalue weighted by Crippen LogP contribution is 2.30. The summed E-state index contributed by atoms with van der Waals surface area (Å²) in [4.78, 5) is 14.8. The predicted molar refractivity (Wildman–Crippen MR) is 75.7 cm³/mol. The van der Waals surface area contributed by atoms with Crippen molar-refractivity contribution < 1.29 is 18.7 Å². The van der Waals surface area contributed by atoms with Crippen molar-refractivity contribution in [1.82, 2.24) is 0 Å². The second-order valence-electron chi connectivity index (χ2n) is 4.23. The Morgan fingerprint density at radius 1 is 1.40 bits per heavy atom. The van der Waals surface area contributed by atoms with Crippen molar-refractivity contribution >= 4 is 22.8 Å². The monoisotopic (exact) mass is 297 g/mol. The molecule has 0 radical (unpaired) electrons. The van der Waals surface area contributed by atoms with Crippen LogP contribution in [0.3, 0.4) is 0 Å². The van der Waals surface area contributed by atoms with Crippen molar-refractivity contribution in [2.75, 3.05) is 5.75 Å². The Kier molecular flexibility index (Phi) is 4.54. The molecule has 0 bridgehead atoms. The molecular weight excluding hydrogens is 284 g/mol. The van der Waals surface area contributed by atoms with E-state index in [4.69, 9.17) is 5.11 Å². The van der Waals surface area contributed by atoms with Crippen molar-refractivity contribution in [3.8, 4) is 0 Å². The molecule has 3 nitrogen and oxygen atoms in total. The van der Waals surface area contributed by atoms with Crippen LogP contribution >= 0.6 is 11.8 Å². The van der Waals surface area contributed by atoms with E-state index < -0.39 is 12.4 Å². The maximum absolute atomic E-state index is 13.0. The van der Waals surface area contributed by atoms with Gasteiger partial charge < -0.3 is 5.11 Å². The van der Waals surface area contributed by atoms with Crippen LogP contribution in [0.5, 0.6) is 0 Å². The lowest BCUT2D eigenvalue weighted by molar-refractivity contribution is 0.0697. The molecule has 0 unspecified atom stereocenters. The van der Waals surface area contributed by atoms with E-state index in [-0.39, 0.29) is 11.3 Å². The lowest BCUT2D eigenvalue weighted by atomic mass is 10.1. The Bertz CT molecular complexity index is 579. The van der Waals surface area contributed by atoms with Gasteiger partial charge in [0.05, 0.1) is 5.56 Å². The third-order valence-electron chi connectivity index (χ3n) is 2.98. The van der Waals surface area contributed by atoms with Gasteiger partial charge in [-0.25, -0.2) is 18.6 Å². The van der Waals surface area contributed by atoms with Gasteiger partial charge in [0, 0.05) is 11.3 Å². The standard InChI is InChI=1S/C14H13F2NO2S/c1-2-8-7-20-13(17-11(8)12(15)16)9-3-5-10(6-4-9)14(18)19/h3-6,12H,2,7H2,1H3,(H,18,19). The Hall–Kier alpha value is -1.69. The number of aliphatic imine (C=N–C) groups is 1. The number of nitrogens with zero attached hydrogens (tertiary/aromatic N) is 1. The number of hydrogen-bond donors (Lipinski definition) is 1. The number of benzene rings is 1. The molecule has 1 aromatic carbocycles. The first kappa shape index (κ1) is 14.7. The van der Waals surface area contributed by atoms with E-state index in [1.807, 2.05) is 6.92 Å². The summed E-state index contributed by atoms with van der Waals surface area (Å²) in [6, 6.07) is 6.08. The maximum Gasteiger partial charge on any atom is 0.335 e. The smallest absolute Gasteiger partial charge is 0.335 e. The molecule has 0 amide bonds. The average molecular weight is 297 g/mol. The van der Waals surface area contributed by atoms with Crippen molar-refractivity contribution in [2.45, 2.75) is 19.8 Å². The van der Waals surface area contributed by atoms with Crippen LogP contribution in [0.15, 0.2) is 40.5 Å². The minimum absolute atomic E-state index is 0.149. The number of alkyl halides is 2. The molecule has 106 valence electrons. The molecule has 0 saturated heterocycles. The Morgan fingerprint density at radius 2 is 2.05 bits per heavy atom. The Morgan fingerprint density at radius 3 is 2.55 bits per heavy atom. The van der Waals surface area contributed by atoms with Crippen LogP contribution in [0, 0.1) is 0 Å². The van der Waals surface area contributed by atoms with E-state index in [1.54, 1.807) is 12.1 Å². The molecule has 0 aromatic heterocycles. The van der Waals surface area contributed by atoms with Gasteiger partial charge in [-0.2, -0.15) is 0 Å². The fourth-order valence-electron chi connectivity index (χ4n) is 1.84. The van der Waals surface area contributed by atoms with E-state index >= 15 is 0 Å². The molecular formula is C14H13F2NO2S. The van der Waals surface area contributed by atoms with Crippen molar-refractivity contribution in [3.05, 3.63) is 46.7 Å². The van der Waals surface area contributed by atoms with Crippen molar-refractivity contribution in [1.29, 1.82) is 0 Å². The first-order chi connectivity index (χ1) is 9.52. The molecule has 0 aliphatic carbocycles. The second-order valence-corrected chi connectivity index (χ2v) is 5.20.